The van der Waals surface area contributed by atoms with Crippen LogP contribution >= 0.6 is 22.9 Å². The predicted octanol–water partition coefficient (Wildman–Crippen LogP) is 4.44. The Hall–Kier alpha value is -2.51. The summed E-state index contributed by atoms with van der Waals surface area (Å²) in [5, 5.41) is 22.6. The van der Waals surface area contributed by atoms with Gasteiger partial charge in [-0.05, 0) is 40.6 Å². The molecule has 0 saturated heterocycles. The van der Waals surface area contributed by atoms with Crippen molar-refractivity contribution in [2.45, 2.75) is 0 Å². The molecule has 2 heterocycles. The first kappa shape index (κ1) is 14.4. The molecule has 0 atom stereocenters. The predicted molar refractivity (Wildman–Crippen MR) is 84.4 cm³/mol. The van der Waals surface area contributed by atoms with Crippen molar-refractivity contribution < 1.29 is 9.34 Å². The average molecular weight is 334 g/mol. The molecule has 110 valence electrons. The van der Waals surface area contributed by atoms with Crippen molar-refractivity contribution in [2.75, 3.05) is 0 Å². The maximum atomic E-state index is 10.6. The number of hydrogen-bond acceptors (Lipinski definition) is 6. The number of halogens is 1. The topological polar surface area (TPSA) is 82.1 Å². The van der Waals surface area contributed by atoms with Gasteiger partial charge in [-0.25, -0.2) is 0 Å². The standard InChI is InChI=1S/C14H8ClN3O3S/c15-12(7-9-5-6-22-8-9)14-17-16-13(21-14)10-1-3-11(4-2-10)18(19)20/h1-8H/b12-7-. The third-order valence-corrected chi connectivity index (χ3v) is 3.76. The maximum absolute atomic E-state index is 10.6. The monoisotopic (exact) mass is 333 g/mol. The molecule has 0 bridgehead atoms. The second-order valence-corrected chi connectivity index (χ2v) is 5.45. The van der Waals surface area contributed by atoms with Crippen LogP contribution < -0.4 is 0 Å². The molecule has 0 fully saturated rings. The van der Waals surface area contributed by atoms with Gasteiger partial charge in [-0.2, -0.15) is 11.3 Å². The van der Waals surface area contributed by atoms with Crippen molar-refractivity contribution >= 4 is 39.7 Å². The van der Waals surface area contributed by atoms with E-state index in [0.29, 0.717) is 10.6 Å². The van der Waals surface area contributed by atoms with Crippen molar-refractivity contribution in [3.05, 3.63) is 62.7 Å². The highest BCUT2D eigenvalue weighted by Gasteiger charge is 2.13. The first-order chi connectivity index (χ1) is 10.6. The summed E-state index contributed by atoms with van der Waals surface area (Å²) in [7, 11) is 0. The Morgan fingerprint density at radius 3 is 2.68 bits per heavy atom. The number of thiophene rings is 1. The summed E-state index contributed by atoms with van der Waals surface area (Å²) in [6.45, 7) is 0. The minimum Gasteiger partial charge on any atom is -0.415 e. The summed E-state index contributed by atoms with van der Waals surface area (Å²) < 4.78 is 5.49. The lowest BCUT2D eigenvalue weighted by Gasteiger charge is -1.94. The molecule has 0 saturated carbocycles. The van der Waals surface area contributed by atoms with Crippen LogP contribution in [0.3, 0.4) is 0 Å². The largest absolute Gasteiger partial charge is 0.415 e. The highest BCUT2D eigenvalue weighted by molar-refractivity contribution is 7.08. The van der Waals surface area contributed by atoms with Gasteiger partial charge in [0.15, 0.2) is 0 Å². The van der Waals surface area contributed by atoms with Crippen LogP contribution in [0.4, 0.5) is 5.69 Å². The van der Waals surface area contributed by atoms with E-state index in [9.17, 15) is 10.1 Å². The van der Waals surface area contributed by atoms with E-state index < -0.39 is 4.92 Å². The maximum Gasteiger partial charge on any atom is 0.269 e. The normalized spacial score (nSPS) is 11.6. The molecule has 1 aromatic carbocycles. The first-order valence-electron chi connectivity index (χ1n) is 6.11. The van der Waals surface area contributed by atoms with Crippen LogP contribution in [0, 0.1) is 10.1 Å². The summed E-state index contributed by atoms with van der Waals surface area (Å²) in [5.74, 6) is 0.447. The molecule has 0 aliphatic carbocycles. The van der Waals surface area contributed by atoms with E-state index in [4.69, 9.17) is 16.0 Å². The van der Waals surface area contributed by atoms with Crippen LogP contribution in [0.2, 0.25) is 0 Å². The van der Waals surface area contributed by atoms with Gasteiger partial charge >= 0.3 is 0 Å². The van der Waals surface area contributed by atoms with Gasteiger partial charge in [0, 0.05) is 17.7 Å². The lowest BCUT2D eigenvalue weighted by atomic mass is 10.2. The second-order valence-electron chi connectivity index (χ2n) is 4.27. The zero-order valence-corrected chi connectivity index (χ0v) is 12.5. The van der Waals surface area contributed by atoms with E-state index in [1.165, 1.54) is 12.1 Å². The van der Waals surface area contributed by atoms with Crippen LogP contribution in [0.15, 0.2) is 45.5 Å². The summed E-state index contributed by atoms with van der Waals surface area (Å²) in [6.07, 6.45) is 1.73. The molecular weight excluding hydrogens is 326 g/mol. The Labute approximate surface area is 133 Å². The van der Waals surface area contributed by atoms with E-state index in [2.05, 4.69) is 10.2 Å². The Morgan fingerprint density at radius 2 is 2.05 bits per heavy atom. The molecule has 0 aliphatic rings. The van der Waals surface area contributed by atoms with E-state index in [-0.39, 0.29) is 17.5 Å². The van der Waals surface area contributed by atoms with E-state index in [1.54, 1.807) is 29.5 Å². The summed E-state index contributed by atoms with van der Waals surface area (Å²) in [6, 6.07) is 7.77. The first-order valence-corrected chi connectivity index (χ1v) is 7.43. The molecule has 22 heavy (non-hydrogen) atoms. The van der Waals surface area contributed by atoms with Gasteiger partial charge in [0.05, 0.1) is 4.92 Å². The van der Waals surface area contributed by atoms with Crippen molar-refractivity contribution in [1.29, 1.82) is 0 Å². The minimum absolute atomic E-state index is 0.00104. The van der Waals surface area contributed by atoms with E-state index in [0.717, 1.165) is 5.56 Å². The summed E-state index contributed by atoms with van der Waals surface area (Å²) in [4.78, 5) is 10.2. The van der Waals surface area contributed by atoms with Gasteiger partial charge in [-0.3, -0.25) is 10.1 Å². The average Bonchev–Trinajstić information content (AvgIpc) is 3.18. The van der Waals surface area contributed by atoms with Gasteiger partial charge in [-0.15, -0.1) is 10.2 Å². The molecule has 6 nitrogen and oxygen atoms in total. The Morgan fingerprint density at radius 1 is 1.27 bits per heavy atom. The minimum atomic E-state index is -0.469. The molecule has 3 rings (SSSR count). The molecule has 0 amide bonds. The molecule has 0 aliphatic heterocycles. The molecule has 3 aromatic rings. The Balaban J connectivity index is 1.85. The Bertz CT molecular complexity index is 825. The van der Waals surface area contributed by atoms with E-state index in [1.807, 2.05) is 16.8 Å². The fourth-order valence-electron chi connectivity index (χ4n) is 1.73. The third-order valence-electron chi connectivity index (χ3n) is 2.79. The quantitative estimate of drug-likeness (QED) is 0.520. The van der Waals surface area contributed by atoms with Crippen LogP contribution in [0.5, 0.6) is 0 Å². The highest BCUT2D eigenvalue weighted by atomic mass is 35.5. The zero-order valence-electron chi connectivity index (χ0n) is 11.0. The Kier molecular flexibility index (Phi) is 3.99. The number of rotatable bonds is 4. The zero-order chi connectivity index (χ0) is 15.5. The van der Waals surface area contributed by atoms with Crippen LogP contribution in [-0.2, 0) is 0 Å². The molecule has 0 radical (unpaired) electrons. The van der Waals surface area contributed by atoms with Crippen molar-refractivity contribution in [2.24, 2.45) is 0 Å². The number of hydrogen-bond donors (Lipinski definition) is 0. The van der Waals surface area contributed by atoms with Crippen LogP contribution in [0.1, 0.15) is 11.5 Å². The summed E-state index contributed by atoms with van der Waals surface area (Å²) in [5.41, 5.74) is 1.54. The van der Waals surface area contributed by atoms with Crippen LogP contribution in [0.25, 0.3) is 22.6 Å². The fraction of sp³-hybridized carbons (Fsp3) is 0. The number of non-ortho nitro benzene ring substituents is 1. The molecular formula is C14H8ClN3O3S. The van der Waals surface area contributed by atoms with Gasteiger partial charge < -0.3 is 4.42 Å². The van der Waals surface area contributed by atoms with Gasteiger partial charge in [0.1, 0.15) is 5.03 Å². The summed E-state index contributed by atoms with van der Waals surface area (Å²) >= 11 is 7.70. The second kappa shape index (κ2) is 6.08. The molecule has 8 heteroatoms. The van der Waals surface area contributed by atoms with Gasteiger partial charge in [0.2, 0.25) is 5.89 Å². The van der Waals surface area contributed by atoms with Crippen molar-refractivity contribution in [3.63, 3.8) is 0 Å². The third kappa shape index (κ3) is 3.05. The number of aromatic nitrogens is 2. The van der Waals surface area contributed by atoms with Crippen molar-refractivity contribution in [3.8, 4) is 11.5 Å². The number of nitro groups is 1. The van der Waals surface area contributed by atoms with Crippen LogP contribution in [-0.4, -0.2) is 15.1 Å². The molecule has 0 N–H and O–H groups in total. The molecule has 0 spiro atoms. The van der Waals surface area contributed by atoms with Gasteiger partial charge in [0.25, 0.3) is 11.6 Å². The smallest absolute Gasteiger partial charge is 0.269 e. The number of benzene rings is 1. The lowest BCUT2D eigenvalue weighted by molar-refractivity contribution is -0.384. The molecule has 0 unspecified atom stereocenters. The number of nitro benzene ring substituents is 1. The SMILES string of the molecule is O=[N+]([O-])c1ccc(-c2nnc(/C(Cl)=C/c3ccsc3)o2)cc1. The van der Waals surface area contributed by atoms with E-state index >= 15 is 0 Å². The fourth-order valence-corrected chi connectivity index (χ4v) is 2.55. The lowest BCUT2D eigenvalue weighted by Crippen LogP contribution is -1.87. The van der Waals surface area contributed by atoms with Gasteiger partial charge in [-0.1, -0.05) is 11.6 Å². The number of nitrogens with zero attached hydrogens (tertiary/aromatic N) is 3. The highest BCUT2D eigenvalue weighted by Crippen LogP contribution is 2.26. The molecule has 2 aromatic heterocycles. The van der Waals surface area contributed by atoms with Crippen molar-refractivity contribution in [1.82, 2.24) is 10.2 Å².